The predicted octanol–water partition coefficient (Wildman–Crippen LogP) is 2.28. The van der Waals surface area contributed by atoms with Gasteiger partial charge in [0.1, 0.15) is 5.82 Å². The summed E-state index contributed by atoms with van der Waals surface area (Å²) in [5.41, 5.74) is 5.77. The molecule has 0 saturated heterocycles. The molecule has 0 heterocycles. The second-order valence-corrected chi connectivity index (χ2v) is 4.94. The first-order chi connectivity index (χ1) is 8.15. The molecule has 17 heavy (non-hydrogen) atoms. The molecule has 1 amide bonds. The molecule has 1 rings (SSSR count). The Labute approximate surface area is 105 Å². The lowest BCUT2D eigenvalue weighted by atomic mass is 10.2. The van der Waals surface area contributed by atoms with Crippen LogP contribution in [0, 0.1) is 5.82 Å². The van der Waals surface area contributed by atoms with Crippen molar-refractivity contribution in [2.75, 3.05) is 23.8 Å². The van der Waals surface area contributed by atoms with Crippen LogP contribution in [0.4, 0.5) is 10.1 Å². The normalized spacial score (nSPS) is 10.2. The van der Waals surface area contributed by atoms with Crippen LogP contribution in [-0.2, 0) is 0 Å². The van der Waals surface area contributed by atoms with Gasteiger partial charge in [0.2, 0.25) is 0 Å². The Bertz CT molecular complexity index is 385. The van der Waals surface area contributed by atoms with Gasteiger partial charge < -0.3 is 11.1 Å². The Morgan fingerprint density at radius 2 is 2.29 bits per heavy atom. The molecule has 94 valence electrons. The van der Waals surface area contributed by atoms with Gasteiger partial charge in [0.15, 0.2) is 0 Å². The van der Waals surface area contributed by atoms with Gasteiger partial charge in [-0.25, -0.2) is 4.39 Å². The van der Waals surface area contributed by atoms with E-state index in [9.17, 15) is 9.18 Å². The van der Waals surface area contributed by atoms with Gasteiger partial charge in [-0.2, -0.15) is 11.8 Å². The summed E-state index contributed by atoms with van der Waals surface area (Å²) in [6, 6.07) is 4.08. The highest BCUT2D eigenvalue weighted by molar-refractivity contribution is 7.99. The first kappa shape index (κ1) is 13.8. The molecule has 0 bridgehead atoms. The highest BCUT2D eigenvalue weighted by Crippen LogP contribution is 2.11. The smallest absolute Gasteiger partial charge is 0.254 e. The van der Waals surface area contributed by atoms with Crippen LogP contribution in [0.3, 0.4) is 0 Å². The van der Waals surface area contributed by atoms with Crippen LogP contribution in [0.1, 0.15) is 23.7 Å². The van der Waals surface area contributed by atoms with Gasteiger partial charge in [-0.3, -0.25) is 4.79 Å². The largest absolute Gasteiger partial charge is 0.399 e. The molecule has 0 unspecified atom stereocenters. The number of halogens is 1. The monoisotopic (exact) mass is 256 g/mol. The Balaban J connectivity index is 2.42. The predicted molar refractivity (Wildman–Crippen MR) is 70.8 cm³/mol. The zero-order valence-corrected chi connectivity index (χ0v) is 10.6. The molecule has 0 aliphatic heterocycles. The molecule has 0 radical (unpaired) electrons. The quantitative estimate of drug-likeness (QED) is 0.606. The topological polar surface area (TPSA) is 55.1 Å². The van der Waals surface area contributed by atoms with Gasteiger partial charge in [0.25, 0.3) is 5.91 Å². The van der Waals surface area contributed by atoms with Crippen LogP contribution in [0.2, 0.25) is 0 Å². The van der Waals surface area contributed by atoms with E-state index < -0.39 is 5.82 Å². The highest BCUT2D eigenvalue weighted by atomic mass is 32.2. The lowest BCUT2D eigenvalue weighted by Crippen LogP contribution is -2.25. The SMILES string of the molecule is CCSCCCNC(=O)c1ccc(N)cc1F. The second-order valence-electron chi connectivity index (χ2n) is 3.55. The van der Waals surface area contributed by atoms with E-state index in [1.807, 2.05) is 11.8 Å². The third-order valence-electron chi connectivity index (χ3n) is 2.19. The molecule has 0 saturated carbocycles. The molecule has 0 fully saturated rings. The van der Waals surface area contributed by atoms with Crippen LogP contribution in [0.25, 0.3) is 0 Å². The molecule has 1 aromatic carbocycles. The summed E-state index contributed by atoms with van der Waals surface area (Å²) in [6.45, 7) is 2.66. The van der Waals surface area contributed by atoms with E-state index in [2.05, 4.69) is 12.2 Å². The molecule has 0 aliphatic carbocycles. The van der Waals surface area contributed by atoms with Crippen LogP contribution in [-0.4, -0.2) is 24.0 Å². The van der Waals surface area contributed by atoms with E-state index in [0.717, 1.165) is 24.0 Å². The number of thioether (sulfide) groups is 1. The number of benzene rings is 1. The number of nitrogen functional groups attached to an aromatic ring is 1. The summed E-state index contributed by atoms with van der Waals surface area (Å²) in [7, 11) is 0. The van der Waals surface area contributed by atoms with Crippen LogP contribution < -0.4 is 11.1 Å². The van der Waals surface area contributed by atoms with Gasteiger partial charge in [0, 0.05) is 12.2 Å². The molecule has 0 aliphatic rings. The Hall–Kier alpha value is -1.23. The molecule has 0 spiro atoms. The van der Waals surface area contributed by atoms with E-state index in [1.165, 1.54) is 12.1 Å². The zero-order chi connectivity index (χ0) is 12.7. The molecule has 1 aromatic rings. The average molecular weight is 256 g/mol. The highest BCUT2D eigenvalue weighted by Gasteiger charge is 2.10. The molecular weight excluding hydrogens is 239 g/mol. The number of rotatable bonds is 6. The van der Waals surface area contributed by atoms with Crippen molar-refractivity contribution in [3.05, 3.63) is 29.6 Å². The first-order valence-electron chi connectivity index (χ1n) is 5.56. The van der Waals surface area contributed by atoms with Gasteiger partial charge in [-0.05, 0) is 36.1 Å². The fourth-order valence-corrected chi connectivity index (χ4v) is 1.97. The number of anilines is 1. The maximum absolute atomic E-state index is 13.4. The number of hydrogen-bond donors (Lipinski definition) is 2. The maximum atomic E-state index is 13.4. The van der Waals surface area contributed by atoms with E-state index in [4.69, 9.17) is 5.73 Å². The summed E-state index contributed by atoms with van der Waals surface area (Å²) in [5, 5.41) is 2.69. The molecule has 5 heteroatoms. The van der Waals surface area contributed by atoms with Gasteiger partial charge >= 0.3 is 0 Å². The standard InChI is InChI=1S/C12H17FN2OS/c1-2-17-7-3-6-15-12(16)10-5-4-9(14)8-11(10)13/h4-5,8H,2-3,6-7,14H2,1H3,(H,15,16). The number of carbonyl (C=O) groups excluding carboxylic acids is 1. The third-order valence-corrected chi connectivity index (χ3v) is 3.18. The van der Waals surface area contributed by atoms with E-state index in [-0.39, 0.29) is 11.5 Å². The fourth-order valence-electron chi connectivity index (χ4n) is 1.33. The van der Waals surface area contributed by atoms with E-state index >= 15 is 0 Å². The van der Waals surface area contributed by atoms with E-state index in [0.29, 0.717) is 12.2 Å². The minimum Gasteiger partial charge on any atom is -0.399 e. The maximum Gasteiger partial charge on any atom is 0.254 e. The van der Waals surface area contributed by atoms with Crippen LogP contribution in [0.15, 0.2) is 18.2 Å². The lowest BCUT2D eigenvalue weighted by molar-refractivity contribution is 0.0950. The summed E-state index contributed by atoms with van der Waals surface area (Å²) in [6.07, 6.45) is 0.890. The molecule has 0 aromatic heterocycles. The Morgan fingerprint density at radius 1 is 1.53 bits per heavy atom. The average Bonchev–Trinajstić information content (AvgIpc) is 2.28. The third kappa shape index (κ3) is 4.65. The van der Waals surface area contributed by atoms with Crippen molar-refractivity contribution in [2.45, 2.75) is 13.3 Å². The summed E-state index contributed by atoms with van der Waals surface area (Å²) < 4.78 is 13.4. The Kier molecular flexibility index (Phi) is 5.83. The van der Waals surface area contributed by atoms with Crippen LogP contribution in [0.5, 0.6) is 0 Å². The van der Waals surface area contributed by atoms with Crippen molar-refractivity contribution >= 4 is 23.4 Å². The Morgan fingerprint density at radius 3 is 2.94 bits per heavy atom. The first-order valence-corrected chi connectivity index (χ1v) is 6.71. The van der Waals surface area contributed by atoms with Crippen molar-refractivity contribution in [1.29, 1.82) is 0 Å². The van der Waals surface area contributed by atoms with Crippen molar-refractivity contribution in [2.24, 2.45) is 0 Å². The van der Waals surface area contributed by atoms with Gasteiger partial charge in [-0.15, -0.1) is 0 Å². The summed E-state index contributed by atoms with van der Waals surface area (Å²) in [4.78, 5) is 11.6. The van der Waals surface area contributed by atoms with Gasteiger partial charge in [0.05, 0.1) is 5.56 Å². The minimum atomic E-state index is -0.578. The molecule has 3 N–H and O–H groups in total. The second kappa shape index (κ2) is 7.17. The number of nitrogens with two attached hydrogens (primary N) is 1. The van der Waals surface area contributed by atoms with Crippen molar-refractivity contribution < 1.29 is 9.18 Å². The summed E-state index contributed by atoms with van der Waals surface area (Å²) >= 11 is 1.82. The molecular formula is C12H17FN2OS. The van der Waals surface area contributed by atoms with Crippen LogP contribution >= 0.6 is 11.8 Å². The van der Waals surface area contributed by atoms with Crippen molar-refractivity contribution in [1.82, 2.24) is 5.32 Å². The number of carbonyl (C=O) groups is 1. The molecule has 0 atom stereocenters. The minimum absolute atomic E-state index is 0.0438. The summed E-state index contributed by atoms with van der Waals surface area (Å²) in [5.74, 6) is 1.11. The van der Waals surface area contributed by atoms with E-state index in [1.54, 1.807) is 0 Å². The van der Waals surface area contributed by atoms with Crippen molar-refractivity contribution in [3.8, 4) is 0 Å². The zero-order valence-electron chi connectivity index (χ0n) is 9.83. The van der Waals surface area contributed by atoms with Crippen molar-refractivity contribution in [3.63, 3.8) is 0 Å². The fraction of sp³-hybridized carbons (Fsp3) is 0.417. The lowest BCUT2D eigenvalue weighted by Gasteiger charge is -2.06. The molecule has 3 nitrogen and oxygen atoms in total. The number of hydrogen-bond acceptors (Lipinski definition) is 3. The number of amides is 1. The number of nitrogens with one attached hydrogen (secondary N) is 1. The van der Waals surface area contributed by atoms with Gasteiger partial charge in [-0.1, -0.05) is 6.92 Å².